The van der Waals surface area contributed by atoms with Gasteiger partial charge in [-0.05, 0) is 19.3 Å². The molecule has 3 heteroatoms. The van der Waals surface area contributed by atoms with E-state index in [2.05, 4.69) is 0 Å². The summed E-state index contributed by atoms with van der Waals surface area (Å²) in [6, 6.07) is 0. The molecule has 1 rings (SSSR count). The number of hydrogen-bond acceptors (Lipinski definition) is 3. The van der Waals surface area contributed by atoms with Crippen molar-refractivity contribution in [1.29, 1.82) is 0 Å². The third-order valence-electron chi connectivity index (χ3n) is 3.52. The summed E-state index contributed by atoms with van der Waals surface area (Å²) >= 11 is 0. The fourth-order valence-electron chi connectivity index (χ4n) is 2.22. The molecule has 0 saturated heterocycles. The van der Waals surface area contributed by atoms with Crippen molar-refractivity contribution in [3.8, 4) is 0 Å². The van der Waals surface area contributed by atoms with Gasteiger partial charge in [0, 0.05) is 19.1 Å². The fourth-order valence-corrected chi connectivity index (χ4v) is 2.22. The van der Waals surface area contributed by atoms with E-state index in [4.69, 9.17) is 10.5 Å². The highest BCUT2D eigenvalue weighted by molar-refractivity contribution is 5.03. The normalized spacial score (nSPS) is 35.3. The molecule has 3 N–H and O–H groups in total. The molecule has 0 bridgehead atoms. The highest BCUT2D eigenvalue weighted by atomic mass is 16.5. The number of nitrogens with two attached hydrogens (primary N) is 1. The Bertz CT molecular complexity index is 182. The van der Waals surface area contributed by atoms with Crippen LogP contribution in [-0.2, 0) is 4.74 Å². The zero-order valence-electron chi connectivity index (χ0n) is 8.84. The Balaban J connectivity index is 2.85. The van der Waals surface area contributed by atoms with E-state index in [-0.39, 0.29) is 11.5 Å². The predicted molar refractivity (Wildman–Crippen MR) is 52.4 cm³/mol. The first-order valence-electron chi connectivity index (χ1n) is 4.93. The molecule has 1 aliphatic rings. The van der Waals surface area contributed by atoms with E-state index in [1.807, 2.05) is 13.8 Å². The molecule has 0 aromatic rings. The lowest BCUT2D eigenvalue weighted by Crippen LogP contribution is -2.54. The van der Waals surface area contributed by atoms with Crippen LogP contribution in [0.4, 0.5) is 0 Å². The molecule has 1 aliphatic carbocycles. The molecule has 2 unspecified atom stereocenters. The minimum atomic E-state index is -0.740. The minimum Gasteiger partial charge on any atom is -0.387 e. The van der Waals surface area contributed by atoms with E-state index in [1.165, 1.54) is 0 Å². The predicted octanol–water partition coefficient (Wildman–Crippen LogP) is 0.901. The molecular weight excluding hydrogens is 166 g/mol. The van der Waals surface area contributed by atoms with E-state index in [0.717, 1.165) is 19.3 Å². The van der Waals surface area contributed by atoms with Crippen molar-refractivity contribution in [2.45, 2.75) is 44.8 Å². The molecule has 0 spiro atoms. The van der Waals surface area contributed by atoms with Crippen LogP contribution in [0.15, 0.2) is 0 Å². The van der Waals surface area contributed by atoms with Crippen LogP contribution >= 0.6 is 0 Å². The van der Waals surface area contributed by atoms with Crippen molar-refractivity contribution in [3.63, 3.8) is 0 Å². The first kappa shape index (κ1) is 11.0. The summed E-state index contributed by atoms with van der Waals surface area (Å²) in [5, 5.41) is 10.5. The molecule has 78 valence electrons. The zero-order valence-corrected chi connectivity index (χ0v) is 8.84. The van der Waals surface area contributed by atoms with Crippen LogP contribution in [0.25, 0.3) is 0 Å². The Morgan fingerprint density at radius 1 is 1.62 bits per heavy atom. The summed E-state index contributed by atoms with van der Waals surface area (Å²) in [6.45, 7) is 4.50. The van der Waals surface area contributed by atoms with Crippen molar-refractivity contribution in [2.24, 2.45) is 11.1 Å². The SMILES string of the molecule is COC1CCCC1(O)C(C)(C)CN. The van der Waals surface area contributed by atoms with Crippen molar-refractivity contribution in [1.82, 2.24) is 0 Å². The van der Waals surface area contributed by atoms with Crippen LogP contribution in [0.2, 0.25) is 0 Å². The molecule has 3 nitrogen and oxygen atoms in total. The maximum absolute atomic E-state index is 10.5. The van der Waals surface area contributed by atoms with Gasteiger partial charge in [0.15, 0.2) is 0 Å². The minimum absolute atomic E-state index is 0.0500. The summed E-state index contributed by atoms with van der Waals surface area (Å²) in [5.41, 5.74) is 4.67. The first-order valence-corrected chi connectivity index (χ1v) is 4.93. The summed E-state index contributed by atoms with van der Waals surface area (Å²) in [4.78, 5) is 0. The third kappa shape index (κ3) is 1.60. The van der Waals surface area contributed by atoms with Crippen LogP contribution in [-0.4, -0.2) is 30.5 Å². The second kappa shape index (κ2) is 3.56. The number of rotatable bonds is 3. The van der Waals surface area contributed by atoms with Gasteiger partial charge < -0.3 is 15.6 Å². The first-order chi connectivity index (χ1) is 5.98. The van der Waals surface area contributed by atoms with Gasteiger partial charge in [-0.15, -0.1) is 0 Å². The van der Waals surface area contributed by atoms with Crippen LogP contribution in [0, 0.1) is 5.41 Å². The number of methoxy groups -OCH3 is 1. The monoisotopic (exact) mass is 187 g/mol. The van der Waals surface area contributed by atoms with Gasteiger partial charge in [0.25, 0.3) is 0 Å². The standard InChI is InChI=1S/C10H21NO2/c1-9(2,7-11)10(12)6-4-5-8(10)13-3/h8,12H,4-7,11H2,1-3H3. The molecule has 0 aromatic carbocycles. The maximum atomic E-state index is 10.5. The molecule has 0 radical (unpaired) electrons. The van der Waals surface area contributed by atoms with Gasteiger partial charge in [0.05, 0.1) is 11.7 Å². The lowest BCUT2D eigenvalue weighted by atomic mass is 9.72. The fraction of sp³-hybridized carbons (Fsp3) is 1.00. The maximum Gasteiger partial charge on any atom is 0.0970 e. The van der Waals surface area contributed by atoms with Crippen molar-refractivity contribution in [2.75, 3.05) is 13.7 Å². The second-order valence-electron chi connectivity index (χ2n) is 4.63. The third-order valence-corrected chi connectivity index (χ3v) is 3.52. The molecule has 0 heterocycles. The Kier molecular flexibility index (Phi) is 3.00. The van der Waals surface area contributed by atoms with Crippen LogP contribution in [0.5, 0.6) is 0 Å². The lowest BCUT2D eigenvalue weighted by Gasteiger charge is -2.42. The van der Waals surface area contributed by atoms with Crippen LogP contribution < -0.4 is 5.73 Å². The highest BCUT2D eigenvalue weighted by Gasteiger charge is 2.51. The van der Waals surface area contributed by atoms with E-state index in [0.29, 0.717) is 6.54 Å². The van der Waals surface area contributed by atoms with E-state index in [9.17, 15) is 5.11 Å². The molecule has 1 saturated carbocycles. The highest BCUT2D eigenvalue weighted by Crippen LogP contribution is 2.44. The Morgan fingerprint density at radius 2 is 2.23 bits per heavy atom. The van der Waals surface area contributed by atoms with Gasteiger partial charge in [-0.3, -0.25) is 0 Å². The summed E-state index contributed by atoms with van der Waals surface area (Å²) in [5.74, 6) is 0. The molecular formula is C10H21NO2. The van der Waals surface area contributed by atoms with Crippen LogP contribution in [0.1, 0.15) is 33.1 Å². The van der Waals surface area contributed by atoms with Gasteiger partial charge in [-0.25, -0.2) is 0 Å². The quantitative estimate of drug-likeness (QED) is 0.690. The second-order valence-corrected chi connectivity index (χ2v) is 4.63. The summed E-state index contributed by atoms with van der Waals surface area (Å²) in [7, 11) is 1.66. The van der Waals surface area contributed by atoms with Gasteiger partial charge in [-0.1, -0.05) is 13.8 Å². The van der Waals surface area contributed by atoms with Crippen LogP contribution in [0.3, 0.4) is 0 Å². The van der Waals surface area contributed by atoms with Gasteiger partial charge in [0.2, 0.25) is 0 Å². The average molecular weight is 187 g/mol. The van der Waals surface area contributed by atoms with Crippen molar-refractivity contribution >= 4 is 0 Å². The largest absolute Gasteiger partial charge is 0.387 e. The summed E-state index contributed by atoms with van der Waals surface area (Å²) in [6.07, 6.45) is 2.72. The van der Waals surface area contributed by atoms with E-state index >= 15 is 0 Å². The zero-order chi connectivity index (χ0) is 10.1. The van der Waals surface area contributed by atoms with Crippen molar-refractivity contribution < 1.29 is 9.84 Å². The Hall–Kier alpha value is -0.120. The molecule has 0 aliphatic heterocycles. The smallest absolute Gasteiger partial charge is 0.0970 e. The Labute approximate surface area is 80.3 Å². The van der Waals surface area contributed by atoms with Gasteiger partial charge in [-0.2, -0.15) is 0 Å². The van der Waals surface area contributed by atoms with Gasteiger partial charge >= 0.3 is 0 Å². The molecule has 0 aromatic heterocycles. The molecule has 0 amide bonds. The lowest BCUT2D eigenvalue weighted by molar-refractivity contribution is -0.138. The number of aliphatic hydroxyl groups is 1. The average Bonchev–Trinajstić information content (AvgIpc) is 2.48. The molecule has 1 fully saturated rings. The Morgan fingerprint density at radius 3 is 2.69 bits per heavy atom. The van der Waals surface area contributed by atoms with Gasteiger partial charge in [0.1, 0.15) is 0 Å². The topological polar surface area (TPSA) is 55.5 Å². The number of ether oxygens (including phenoxy) is 1. The molecule has 13 heavy (non-hydrogen) atoms. The summed E-state index contributed by atoms with van der Waals surface area (Å²) < 4.78 is 5.31. The van der Waals surface area contributed by atoms with E-state index < -0.39 is 5.60 Å². The molecule has 2 atom stereocenters. The van der Waals surface area contributed by atoms with E-state index in [1.54, 1.807) is 7.11 Å². The number of hydrogen-bond donors (Lipinski definition) is 2. The van der Waals surface area contributed by atoms with Crippen molar-refractivity contribution in [3.05, 3.63) is 0 Å².